The predicted octanol–water partition coefficient (Wildman–Crippen LogP) is 3.35. The van der Waals surface area contributed by atoms with Gasteiger partial charge in [-0.2, -0.15) is 0 Å². The average Bonchev–Trinajstić information content (AvgIpc) is 2.87. The zero-order valence-corrected chi connectivity index (χ0v) is 20.5. The third-order valence-corrected chi connectivity index (χ3v) is 5.30. The van der Waals surface area contributed by atoms with Crippen LogP contribution in [0.15, 0.2) is 30.6 Å². The van der Waals surface area contributed by atoms with Crippen LogP contribution in [0.1, 0.15) is 11.1 Å². The van der Waals surface area contributed by atoms with Gasteiger partial charge in [0, 0.05) is 37.6 Å². The highest BCUT2D eigenvalue weighted by molar-refractivity contribution is 6.32. The second kappa shape index (κ2) is 13.2. The van der Waals surface area contributed by atoms with E-state index in [2.05, 4.69) is 15.3 Å². The Balaban J connectivity index is 0.00000137. The summed E-state index contributed by atoms with van der Waals surface area (Å²) in [7, 11) is 5.95. The van der Waals surface area contributed by atoms with Gasteiger partial charge in [0.25, 0.3) is 6.47 Å². The smallest absolute Gasteiger partial charge is 0.413 e. The van der Waals surface area contributed by atoms with Crippen LogP contribution in [0, 0.1) is 0 Å². The number of rotatable bonds is 8. The maximum atomic E-state index is 12.2. The van der Waals surface area contributed by atoms with Crippen LogP contribution in [0.4, 0.5) is 16.3 Å². The van der Waals surface area contributed by atoms with E-state index in [0.29, 0.717) is 51.0 Å². The summed E-state index contributed by atoms with van der Waals surface area (Å²) in [4.78, 5) is 30.7. The minimum atomic E-state index is -0.558. The van der Waals surface area contributed by atoms with Gasteiger partial charge in [0.15, 0.2) is 0 Å². The molecule has 1 heterocycles. The van der Waals surface area contributed by atoms with Gasteiger partial charge < -0.3 is 29.7 Å². The van der Waals surface area contributed by atoms with Crippen molar-refractivity contribution in [2.75, 3.05) is 45.2 Å². The molecule has 3 N–H and O–H groups in total. The third-order valence-electron chi connectivity index (χ3n) is 5.01. The second-order valence-electron chi connectivity index (χ2n) is 6.96. The van der Waals surface area contributed by atoms with Crippen LogP contribution in [0.2, 0.25) is 5.02 Å². The maximum Gasteiger partial charge on any atom is 0.413 e. The Kier molecular flexibility index (Phi) is 10.3. The summed E-state index contributed by atoms with van der Waals surface area (Å²) in [5.41, 5.74) is 2.68. The molecular weight excluding hydrogens is 480 g/mol. The lowest BCUT2D eigenvalue weighted by molar-refractivity contribution is -0.122. The second-order valence-corrected chi connectivity index (χ2v) is 7.36. The Morgan fingerprint density at radius 2 is 1.91 bits per heavy atom. The number of carbonyl (C=O) groups is 2. The molecule has 0 saturated heterocycles. The molecule has 12 heteroatoms. The number of anilines is 2. The van der Waals surface area contributed by atoms with Gasteiger partial charge in [-0.05, 0) is 23.8 Å². The summed E-state index contributed by atoms with van der Waals surface area (Å²) in [6, 6.07) is 7.27. The highest BCUT2D eigenvalue weighted by atomic mass is 35.5. The van der Waals surface area contributed by atoms with Gasteiger partial charge in [0.1, 0.15) is 23.6 Å². The predicted molar refractivity (Wildman–Crippen MR) is 132 cm³/mol. The first kappa shape index (κ1) is 27.4. The summed E-state index contributed by atoms with van der Waals surface area (Å²) in [5, 5.41) is 21.0. The van der Waals surface area contributed by atoms with Gasteiger partial charge in [-0.1, -0.05) is 17.7 Å². The van der Waals surface area contributed by atoms with E-state index in [1.807, 2.05) is 12.1 Å². The first-order chi connectivity index (χ1) is 16.9. The van der Waals surface area contributed by atoms with Gasteiger partial charge in [-0.3, -0.25) is 9.69 Å². The number of hydrogen-bond acceptors (Lipinski definition) is 9. The molecule has 0 aliphatic carbocycles. The minimum Gasteiger partial charge on any atom is -0.495 e. The molecule has 1 amide bonds. The quantitative estimate of drug-likeness (QED) is 0.389. The molecule has 0 radical (unpaired) electrons. The van der Waals surface area contributed by atoms with Crippen molar-refractivity contribution in [2.45, 2.75) is 13.0 Å². The molecular formula is C23H27ClN4O7. The number of ether oxygens (including phenoxy) is 3. The number of nitrogens with zero attached hydrogens (tertiary/aromatic N) is 3. The molecule has 3 aromatic rings. The van der Waals surface area contributed by atoms with Crippen molar-refractivity contribution in [3.63, 3.8) is 0 Å². The summed E-state index contributed by atoms with van der Waals surface area (Å²) < 4.78 is 15.6. The molecule has 0 atom stereocenters. The van der Waals surface area contributed by atoms with Crippen LogP contribution in [0.3, 0.4) is 0 Å². The van der Waals surface area contributed by atoms with Crippen molar-refractivity contribution in [3.8, 4) is 11.5 Å². The van der Waals surface area contributed by atoms with E-state index in [9.17, 15) is 9.90 Å². The molecule has 0 spiro atoms. The molecule has 188 valence electrons. The Hall–Kier alpha value is -3.83. The number of carboxylic acid groups (broad SMARTS) is 1. The zero-order valence-electron chi connectivity index (χ0n) is 19.7. The number of halogens is 1. The molecule has 2 aromatic carbocycles. The van der Waals surface area contributed by atoms with Gasteiger partial charge in [-0.15, -0.1) is 0 Å². The summed E-state index contributed by atoms with van der Waals surface area (Å²) in [6.07, 6.45) is 1.17. The normalized spacial score (nSPS) is 10.1. The van der Waals surface area contributed by atoms with E-state index in [1.54, 1.807) is 26.3 Å². The third kappa shape index (κ3) is 6.40. The number of fused-ring (bicyclic) bond motifs is 1. The first-order valence-corrected chi connectivity index (χ1v) is 10.7. The molecule has 0 saturated carbocycles. The van der Waals surface area contributed by atoms with Crippen LogP contribution in [-0.2, 0) is 22.5 Å². The van der Waals surface area contributed by atoms with Crippen molar-refractivity contribution in [1.29, 1.82) is 0 Å². The number of amides is 1. The number of nitrogens with one attached hydrogen (secondary N) is 1. The largest absolute Gasteiger partial charge is 0.495 e. The average molecular weight is 507 g/mol. The van der Waals surface area contributed by atoms with E-state index in [-0.39, 0.29) is 19.5 Å². The van der Waals surface area contributed by atoms with E-state index in [4.69, 9.17) is 35.7 Å². The van der Waals surface area contributed by atoms with Crippen molar-refractivity contribution in [3.05, 3.63) is 46.7 Å². The molecule has 0 aliphatic heterocycles. The van der Waals surface area contributed by atoms with Gasteiger partial charge in [-0.25, -0.2) is 14.8 Å². The van der Waals surface area contributed by atoms with Crippen LogP contribution in [0.25, 0.3) is 10.9 Å². The Labute approximate surface area is 207 Å². The summed E-state index contributed by atoms with van der Waals surface area (Å²) in [5.74, 6) is 1.59. The standard InChI is InChI=1S/C22H25ClN4O5.CH2O2/c1-27(22(29)32-4)17-10-15-19(14(7-8-28)20(17)31-3)25-12-26-21(15)24-11-13-5-6-18(30-2)16(23)9-13;2-1-3/h5-6,9-10,12,28H,7-8,11H2,1-4H3,(H,24,25,26);1H,(H,2,3). The Morgan fingerprint density at radius 3 is 2.49 bits per heavy atom. The minimum absolute atomic E-state index is 0.117. The van der Waals surface area contributed by atoms with Crippen LogP contribution >= 0.6 is 11.6 Å². The fourth-order valence-electron chi connectivity index (χ4n) is 3.44. The number of aliphatic hydroxyl groups is 1. The lowest BCUT2D eigenvalue weighted by Gasteiger charge is -2.22. The number of aromatic nitrogens is 2. The maximum absolute atomic E-state index is 12.2. The molecule has 0 aliphatic rings. The van der Waals surface area contributed by atoms with E-state index < -0.39 is 6.09 Å². The highest BCUT2D eigenvalue weighted by Gasteiger charge is 2.23. The van der Waals surface area contributed by atoms with Gasteiger partial charge in [0.2, 0.25) is 0 Å². The van der Waals surface area contributed by atoms with Crippen LogP contribution in [0.5, 0.6) is 11.5 Å². The Morgan fingerprint density at radius 1 is 1.20 bits per heavy atom. The van der Waals surface area contributed by atoms with Gasteiger partial charge >= 0.3 is 6.09 Å². The molecule has 0 unspecified atom stereocenters. The molecule has 11 nitrogen and oxygen atoms in total. The molecule has 0 bridgehead atoms. The lowest BCUT2D eigenvalue weighted by atomic mass is 10.0. The van der Waals surface area contributed by atoms with Crippen molar-refractivity contribution in [1.82, 2.24) is 9.97 Å². The van der Waals surface area contributed by atoms with Crippen molar-refractivity contribution < 1.29 is 34.0 Å². The monoisotopic (exact) mass is 506 g/mol. The zero-order chi connectivity index (χ0) is 26.0. The first-order valence-electron chi connectivity index (χ1n) is 10.3. The number of carbonyl (C=O) groups excluding carboxylic acids is 1. The fraction of sp³-hybridized carbons (Fsp3) is 0.304. The highest BCUT2D eigenvalue weighted by Crippen LogP contribution is 2.39. The van der Waals surface area contributed by atoms with Crippen molar-refractivity contribution in [2.24, 2.45) is 0 Å². The van der Waals surface area contributed by atoms with Gasteiger partial charge in [0.05, 0.1) is 37.6 Å². The summed E-state index contributed by atoms with van der Waals surface area (Å²) >= 11 is 6.23. The van der Waals surface area contributed by atoms with E-state index >= 15 is 0 Å². The number of benzene rings is 2. The SMILES string of the molecule is COC(=O)N(C)c1cc2c(NCc3ccc(OC)c(Cl)c3)ncnc2c(CCO)c1OC.O=CO. The van der Waals surface area contributed by atoms with Crippen molar-refractivity contribution >= 4 is 46.6 Å². The van der Waals surface area contributed by atoms with Crippen LogP contribution < -0.4 is 19.7 Å². The van der Waals surface area contributed by atoms with E-state index in [0.717, 1.165) is 5.56 Å². The van der Waals surface area contributed by atoms with E-state index in [1.165, 1.54) is 25.4 Å². The number of hydrogen-bond donors (Lipinski definition) is 3. The molecule has 3 rings (SSSR count). The number of methoxy groups -OCH3 is 3. The topological polar surface area (TPSA) is 143 Å². The molecule has 0 fully saturated rings. The fourth-order valence-corrected chi connectivity index (χ4v) is 3.72. The number of aliphatic hydroxyl groups excluding tert-OH is 1. The lowest BCUT2D eigenvalue weighted by Crippen LogP contribution is -2.26. The molecule has 1 aromatic heterocycles. The summed E-state index contributed by atoms with van der Waals surface area (Å²) in [6.45, 7) is 0.0767. The molecule has 35 heavy (non-hydrogen) atoms. The Bertz CT molecular complexity index is 1180. The van der Waals surface area contributed by atoms with Crippen LogP contribution in [-0.4, -0.2) is 67.7 Å².